The van der Waals surface area contributed by atoms with Gasteiger partial charge in [-0.3, -0.25) is 4.79 Å². The molecule has 0 saturated carbocycles. The largest absolute Gasteiger partial charge is 0.489 e. The van der Waals surface area contributed by atoms with E-state index in [-0.39, 0.29) is 11.3 Å². The predicted molar refractivity (Wildman–Crippen MR) is 140 cm³/mol. The number of benzene rings is 4. The highest BCUT2D eigenvalue weighted by atomic mass is 16.5. The maximum atomic E-state index is 12.5. The molecule has 4 rings (SSSR count). The second-order valence-electron chi connectivity index (χ2n) is 9.46. The van der Waals surface area contributed by atoms with Gasteiger partial charge in [-0.15, -0.1) is 0 Å². The third kappa shape index (κ3) is 5.70. The van der Waals surface area contributed by atoms with Crippen LogP contribution in [-0.2, 0) is 12.0 Å². The molecule has 0 bridgehead atoms. The van der Waals surface area contributed by atoms with Crippen molar-refractivity contribution in [2.45, 2.75) is 39.7 Å². The van der Waals surface area contributed by atoms with Gasteiger partial charge in [-0.2, -0.15) is 5.10 Å². The number of amides is 1. The van der Waals surface area contributed by atoms with Gasteiger partial charge in [-0.25, -0.2) is 5.43 Å². The summed E-state index contributed by atoms with van der Waals surface area (Å²) in [4.78, 5) is 12.5. The van der Waals surface area contributed by atoms with Crippen LogP contribution in [0.25, 0.3) is 10.8 Å². The van der Waals surface area contributed by atoms with Crippen LogP contribution in [0.4, 0.5) is 0 Å². The summed E-state index contributed by atoms with van der Waals surface area (Å²) >= 11 is 0. The molecule has 0 unspecified atom stereocenters. The first-order valence-electron chi connectivity index (χ1n) is 11.5. The van der Waals surface area contributed by atoms with Gasteiger partial charge in [0.1, 0.15) is 12.4 Å². The second-order valence-corrected chi connectivity index (χ2v) is 9.46. The summed E-state index contributed by atoms with van der Waals surface area (Å²) in [6.45, 7) is 8.90. The number of carbonyl (C=O) groups excluding carboxylic acids is 1. The lowest BCUT2D eigenvalue weighted by Crippen LogP contribution is -2.19. The van der Waals surface area contributed by atoms with Crippen LogP contribution in [0.3, 0.4) is 0 Å². The molecule has 172 valence electrons. The van der Waals surface area contributed by atoms with Crippen molar-refractivity contribution in [2.24, 2.45) is 5.10 Å². The Kier molecular flexibility index (Phi) is 6.78. The molecule has 0 aliphatic rings. The van der Waals surface area contributed by atoms with Crippen LogP contribution in [-0.4, -0.2) is 11.6 Å². The number of ether oxygens (including phenoxy) is 1. The number of nitrogens with zero attached hydrogens (tertiary/aromatic N) is 1. The third-order valence-electron chi connectivity index (χ3n) is 5.83. The van der Waals surface area contributed by atoms with Crippen LogP contribution < -0.4 is 10.2 Å². The first-order chi connectivity index (χ1) is 16.3. The first-order valence-corrected chi connectivity index (χ1v) is 11.5. The quantitative estimate of drug-likeness (QED) is 0.257. The Labute approximate surface area is 201 Å². The number of fused-ring (bicyclic) bond motifs is 1. The van der Waals surface area contributed by atoms with Gasteiger partial charge < -0.3 is 4.74 Å². The van der Waals surface area contributed by atoms with Crippen molar-refractivity contribution in [1.29, 1.82) is 0 Å². The van der Waals surface area contributed by atoms with E-state index in [9.17, 15) is 4.79 Å². The number of hydrogen-bond donors (Lipinski definition) is 1. The summed E-state index contributed by atoms with van der Waals surface area (Å²) in [5.41, 5.74) is 7.32. The van der Waals surface area contributed by atoms with Crippen molar-refractivity contribution in [3.8, 4) is 5.75 Å². The lowest BCUT2D eigenvalue weighted by Gasteiger charge is -2.19. The number of carbonyl (C=O) groups is 1. The van der Waals surface area contributed by atoms with Gasteiger partial charge in [-0.1, -0.05) is 81.4 Å². The summed E-state index contributed by atoms with van der Waals surface area (Å²) in [6, 6.07) is 29.9. The SMILES string of the molecule is CC(=NNC(=O)c1ccc(COc2ccc(C(C)(C)C)cc2)cc1)c1ccc2ccccc2c1. The van der Waals surface area contributed by atoms with Crippen LogP contribution in [0.1, 0.15) is 54.7 Å². The van der Waals surface area contributed by atoms with Crippen molar-refractivity contribution in [3.05, 3.63) is 113 Å². The summed E-state index contributed by atoms with van der Waals surface area (Å²) in [5, 5.41) is 6.61. The van der Waals surface area contributed by atoms with Gasteiger partial charge >= 0.3 is 0 Å². The third-order valence-corrected chi connectivity index (χ3v) is 5.83. The molecule has 4 nitrogen and oxygen atoms in total. The minimum Gasteiger partial charge on any atom is -0.489 e. The molecular formula is C30H30N2O2. The molecule has 0 aliphatic heterocycles. The van der Waals surface area contributed by atoms with Crippen molar-refractivity contribution in [3.63, 3.8) is 0 Å². The molecule has 1 N–H and O–H groups in total. The van der Waals surface area contributed by atoms with E-state index in [4.69, 9.17) is 4.74 Å². The highest BCUT2D eigenvalue weighted by Gasteiger charge is 2.13. The zero-order chi connectivity index (χ0) is 24.1. The summed E-state index contributed by atoms with van der Waals surface area (Å²) in [5.74, 6) is 0.582. The van der Waals surface area contributed by atoms with Crippen molar-refractivity contribution < 1.29 is 9.53 Å². The van der Waals surface area contributed by atoms with E-state index in [1.165, 1.54) is 10.9 Å². The zero-order valence-electron chi connectivity index (χ0n) is 20.1. The normalized spacial score (nSPS) is 11.9. The molecular weight excluding hydrogens is 420 g/mol. The molecule has 0 aliphatic carbocycles. The highest BCUT2D eigenvalue weighted by molar-refractivity contribution is 6.03. The second kappa shape index (κ2) is 9.92. The average Bonchev–Trinajstić information content (AvgIpc) is 2.85. The molecule has 0 heterocycles. The molecule has 34 heavy (non-hydrogen) atoms. The monoisotopic (exact) mass is 450 g/mol. The van der Waals surface area contributed by atoms with E-state index in [1.807, 2.05) is 49.4 Å². The van der Waals surface area contributed by atoms with Crippen molar-refractivity contribution in [1.82, 2.24) is 5.43 Å². The topological polar surface area (TPSA) is 50.7 Å². The molecule has 0 radical (unpaired) electrons. The maximum Gasteiger partial charge on any atom is 0.271 e. The number of hydrazone groups is 1. The maximum absolute atomic E-state index is 12.5. The predicted octanol–water partition coefficient (Wildman–Crippen LogP) is 6.87. The average molecular weight is 451 g/mol. The lowest BCUT2D eigenvalue weighted by molar-refractivity contribution is 0.0954. The van der Waals surface area contributed by atoms with Crippen LogP contribution >= 0.6 is 0 Å². The molecule has 1 amide bonds. The Morgan fingerprint density at radius 3 is 2.15 bits per heavy atom. The molecule has 0 atom stereocenters. The van der Waals surface area contributed by atoms with E-state index < -0.39 is 0 Å². The fraction of sp³-hybridized carbons (Fsp3) is 0.200. The van der Waals surface area contributed by atoms with Crippen molar-refractivity contribution >= 4 is 22.4 Å². The van der Waals surface area contributed by atoms with E-state index in [0.29, 0.717) is 12.2 Å². The Balaban J connectivity index is 1.34. The van der Waals surface area contributed by atoms with E-state index >= 15 is 0 Å². The summed E-state index contributed by atoms with van der Waals surface area (Å²) in [6.07, 6.45) is 0. The van der Waals surface area contributed by atoms with Gasteiger partial charge in [0, 0.05) is 5.56 Å². The Hall–Kier alpha value is -3.92. The molecule has 4 aromatic rings. The van der Waals surface area contributed by atoms with Crippen LogP contribution in [0, 0.1) is 0 Å². The van der Waals surface area contributed by atoms with E-state index in [0.717, 1.165) is 28.0 Å². The molecule has 4 aromatic carbocycles. The Bertz CT molecular complexity index is 1310. The van der Waals surface area contributed by atoms with Crippen molar-refractivity contribution in [2.75, 3.05) is 0 Å². The molecule has 0 fully saturated rings. The lowest BCUT2D eigenvalue weighted by atomic mass is 9.87. The minimum absolute atomic E-state index is 0.118. The van der Waals surface area contributed by atoms with Crippen LogP contribution in [0.2, 0.25) is 0 Å². The van der Waals surface area contributed by atoms with E-state index in [2.05, 4.69) is 67.7 Å². The summed E-state index contributed by atoms with van der Waals surface area (Å²) < 4.78 is 5.90. The number of nitrogens with one attached hydrogen (secondary N) is 1. The van der Waals surface area contributed by atoms with Crippen LogP contribution in [0.5, 0.6) is 5.75 Å². The minimum atomic E-state index is -0.245. The van der Waals surface area contributed by atoms with Gasteiger partial charge in [0.15, 0.2) is 0 Å². The fourth-order valence-electron chi connectivity index (χ4n) is 3.65. The van der Waals surface area contributed by atoms with Gasteiger partial charge in [0.2, 0.25) is 0 Å². The molecule has 0 spiro atoms. The van der Waals surface area contributed by atoms with Gasteiger partial charge in [0.25, 0.3) is 5.91 Å². The number of rotatable bonds is 6. The number of hydrogen-bond acceptors (Lipinski definition) is 3. The first kappa shape index (κ1) is 23.2. The molecule has 0 aromatic heterocycles. The van der Waals surface area contributed by atoms with Crippen LogP contribution in [0.15, 0.2) is 96.1 Å². The van der Waals surface area contributed by atoms with Gasteiger partial charge in [-0.05, 0) is 70.1 Å². The summed E-state index contributed by atoms with van der Waals surface area (Å²) in [7, 11) is 0. The molecule has 0 saturated heterocycles. The Morgan fingerprint density at radius 1 is 0.824 bits per heavy atom. The standard InChI is InChI=1S/C30H30N2O2/c1-21(25-14-13-23-7-5-6-8-26(23)19-25)31-32-29(33)24-11-9-22(10-12-24)20-34-28-17-15-27(16-18-28)30(2,3)4/h5-19H,20H2,1-4H3,(H,32,33). The zero-order valence-corrected chi connectivity index (χ0v) is 20.1. The van der Waals surface area contributed by atoms with Gasteiger partial charge in [0.05, 0.1) is 5.71 Å². The fourth-order valence-corrected chi connectivity index (χ4v) is 3.65. The smallest absolute Gasteiger partial charge is 0.271 e. The Morgan fingerprint density at radius 2 is 1.47 bits per heavy atom. The molecule has 4 heteroatoms. The highest BCUT2D eigenvalue weighted by Crippen LogP contribution is 2.24. The van der Waals surface area contributed by atoms with E-state index in [1.54, 1.807) is 12.1 Å².